The summed E-state index contributed by atoms with van der Waals surface area (Å²) in [6.07, 6.45) is 3.38. The van der Waals surface area contributed by atoms with Crippen molar-refractivity contribution < 1.29 is 9.34 Å². The predicted molar refractivity (Wildman–Crippen MR) is 62.6 cm³/mol. The molecule has 0 saturated heterocycles. The van der Waals surface area contributed by atoms with Crippen molar-refractivity contribution in [2.24, 2.45) is 0 Å². The second-order valence-corrected chi connectivity index (χ2v) is 4.00. The first-order valence-corrected chi connectivity index (χ1v) is 5.81. The molecule has 0 bridgehead atoms. The summed E-state index contributed by atoms with van der Waals surface area (Å²) in [5.41, 5.74) is 0.578. The number of furan rings is 1. The maximum atomic E-state index is 10.9. The lowest BCUT2D eigenvalue weighted by atomic mass is 10.1. The third-order valence-corrected chi connectivity index (χ3v) is 2.91. The van der Waals surface area contributed by atoms with E-state index in [-0.39, 0.29) is 5.69 Å². The molecule has 2 aromatic rings. The molecule has 0 fully saturated rings. The number of benzene rings is 1. The van der Waals surface area contributed by atoms with Crippen LogP contribution in [0.25, 0.3) is 11.3 Å². The lowest BCUT2D eigenvalue weighted by Gasteiger charge is -2.01. The summed E-state index contributed by atoms with van der Waals surface area (Å²) in [6, 6.07) is 8.53. The number of thioether (sulfide) groups is 1. The van der Waals surface area contributed by atoms with Crippen molar-refractivity contribution in [1.29, 1.82) is 0 Å². The van der Waals surface area contributed by atoms with Gasteiger partial charge in [-0.3, -0.25) is 10.1 Å². The summed E-state index contributed by atoms with van der Waals surface area (Å²) in [4.78, 5) is 11.4. The van der Waals surface area contributed by atoms with Crippen LogP contribution in [-0.4, -0.2) is 11.2 Å². The molecule has 0 aliphatic carbocycles. The molecule has 0 saturated carbocycles. The first-order chi connectivity index (χ1) is 7.72. The monoisotopic (exact) mass is 235 g/mol. The summed E-state index contributed by atoms with van der Waals surface area (Å²) in [5, 5.41) is 10.9. The van der Waals surface area contributed by atoms with Crippen molar-refractivity contribution in [2.75, 3.05) is 6.26 Å². The third-order valence-electron chi connectivity index (χ3n) is 2.19. The summed E-state index contributed by atoms with van der Waals surface area (Å²) in [5.74, 6) is 0.513. The van der Waals surface area contributed by atoms with Crippen molar-refractivity contribution in [1.82, 2.24) is 0 Å². The maximum absolute atomic E-state index is 10.9. The smallest absolute Gasteiger partial charge is 0.281 e. The summed E-state index contributed by atoms with van der Waals surface area (Å²) in [6.45, 7) is 0. The molecular formula is C11H9NO3S. The average molecular weight is 235 g/mol. The molecule has 0 aliphatic heterocycles. The molecule has 4 nitrogen and oxygen atoms in total. The summed E-state index contributed by atoms with van der Waals surface area (Å²) >= 11 is 1.47. The molecule has 0 spiro atoms. The van der Waals surface area contributed by atoms with Gasteiger partial charge < -0.3 is 4.42 Å². The minimum absolute atomic E-state index is 0.0711. The van der Waals surface area contributed by atoms with Gasteiger partial charge in [0, 0.05) is 11.0 Å². The lowest BCUT2D eigenvalue weighted by Crippen LogP contribution is -1.91. The SMILES string of the molecule is CSc1ccc(-c2ccco2)c([N+](=O)[O-])c1. The first kappa shape index (κ1) is 10.8. The van der Waals surface area contributed by atoms with Gasteiger partial charge in [-0.25, -0.2) is 0 Å². The van der Waals surface area contributed by atoms with E-state index < -0.39 is 4.92 Å². The Morgan fingerprint density at radius 1 is 1.38 bits per heavy atom. The van der Waals surface area contributed by atoms with Crippen LogP contribution in [0.5, 0.6) is 0 Å². The van der Waals surface area contributed by atoms with Crippen LogP contribution >= 0.6 is 11.8 Å². The number of rotatable bonds is 3. The van der Waals surface area contributed by atoms with Crippen LogP contribution in [0.3, 0.4) is 0 Å². The van der Waals surface area contributed by atoms with Crippen LogP contribution in [0.2, 0.25) is 0 Å². The van der Waals surface area contributed by atoms with E-state index >= 15 is 0 Å². The summed E-state index contributed by atoms with van der Waals surface area (Å²) in [7, 11) is 0. The first-order valence-electron chi connectivity index (χ1n) is 4.58. The van der Waals surface area contributed by atoms with E-state index in [1.807, 2.05) is 12.3 Å². The van der Waals surface area contributed by atoms with Gasteiger partial charge in [-0.05, 0) is 30.5 Å². The van der Waals surface area contributed by atoms with Gasteiger partial charge in [0.05, 0.1) is 16.7 Å². The topological polar surface area (TPSA) is 56.3 Å². The standard InChI is InChI=1S/C11H9NO3S/c1-16-8-4-5-9(10(7-8)12(13)14)11-3-2-6-15-11/h2-7H,1H3. The van der Waals surface area contributed by atoms with Crippen molar-refractivity contribution in [3.05, 3.63) is 46.7 Å². The Morgan fingerprint density at radius 2 is 2.19 bits per heavy atom. The molecule has 1 heterocycles. The van der Waals surface area contributed by atoms with Gasteiger partial charge in [-0.15, -0.1) is 11.8 Å². The lowest BCUT2D eigenvalue weighted by molar-refractivity contribution is -0.384. The second kappa shape index (κ2) is 4.40. The average Bonchev–Trinajstić information content (AvgIpc) is 2.81. The highest BCUT2D eigenvalue weighted by molar-refractivity contribution is 7.98. The molecule has 0 radical (unpaired) electrons. The Morgan fingerprint density at radius 3 is 2.75 bits per heavy atom. The minimum atomic E-state index is -0.391. The molecule has 82 valence electrons. The van der Waals surface area contributed by atoms with Crippen LogP contribution in [-0.2, 0) is 0 Å². The summed E-state index contributed by atoms with van der Waals surface area (Å²) < 4.78 is 5.17. The highest BCUT2D eigenvalue weighted by Gasteiger charge is 2.17. The van der Waals surface area contributed by atoms with Crippen LogP contribution in [0, 0.1) is 10.1 Å². The fourth-order valence-electron chi connectivity index (χ4n) is 1.43. The number of hydrogen-bond donors (Lipinski definition) is 0. The normalized spacial score (nSPS) is 10.3. The van der Waals surface area contributed by atoms with Crippen molar-refractivity contribution in [3.63, 3.8) is 0 Å². The molecule has 0 amide bonds. The van der Waals surface area contributed by atoms with Crippen molar-refractivity contribution in [3.8, 4) is 11.3 Å². The highest BCUT2D eigenvalue weighted by Crippen LogP contribution is 2.33. The zero-order valence-electron chi connectivity index (χ0n) is 8.54. The van der Waals surface area contributed by atoms with Gasteiger partial charge in [-0.1, -0.05) is 0 Å². The van der Waals surface area contributed by atoms with Gasteiger partial charge in [0.1, 0.15) is 5.76 Å². The zero-order chi connectivity index (χ0) is 11.5. The van der Waals surface area contributed by atoms with Crippen LogP contribution in [0.1, 0.15) is 0 Å². The molecule has 0 unspecified atom stereocenters. The van der Waals surface area contributed by atoms with Gasteiger partial charge >= 0.3 is 0 Å². The van der Waals surface area contributed by atoms with Gasteiger partial charge in [0.2, 0.25) is 0 Å². The molecule has 5 heteroatoms. The quantitative estimate of drug-likeness (QED) is 0.463. The molecular weight excluding hydrogens is 226 g/mol. The predicted octanol–water partition coefficient (Wildman–Crippen LogP) is 3.58. The molecule has 0 atom stereocenters. The Balaban J connectivity index is 2.57. The Kier molecular flexibility index (Phi) is 2.96. The second-order valence-electron chi connectivity index (χ2n) is 3.12. The van der Waals surface area contributed by atoms with E-state index in [1.165, 1.54) is 18.0 Å². The number of nitro groups is 1. The largest absolute Gasteiger partial charge is 0.464 e. The number of nitro benzene ring substituents is 1. The van der Waals surface area contributed by atoms with Crippen molar-refractivity contribution in [2.45, 2.75) is 4.90 Å². The van der Waals surface area contributed by atoms with Crippen LogP contribution in [0.4, 0.5) is 5.69 Å². The zero-order valence-corrected chi connectivity index (χ0v) is 9.36. The van der Waals surface area contributed by atoms with Gasteiger partial charge in [-0.2, -0.15) is 0 Å². The van der Waals surface area contributed by atoms with E-state index in [0.717, 1.165) is 4.90 Å². The molecule has 0 aliphatic rings. The molecule has 1 aromatic carbocycles. The third kappa shape index (κ3) is 1.94. The van der Waals surface area contributed by atoms with Gasteiger partial charge in [0.25, 0.3) is 5.69 Å². The molecule has 2 rings (SSSR count). The van der Waals surface area contributed by atoms with Crippen molar-refractivity contribution >= 4 is 17.4 Å². The fraction of sp³-hybridized carbons (Fsp3) is 0.0909. The van der Waals surface area contributed by atoms with E-state index in [0.29, 0.717) is 11.3 Å². The highest BCUT2D eigenvalue weighted by atomic mass is 32.2. The molecule has 1 aromatic heterocycles. The minimum Gasteiger partial charge on any atom is -0.464 e. The maximum Gasteiger partial charge on any atom is 0.281 e. The number of nitrogens with zero attached hydrogens (tertiary/aromatic N) is 1. The fourth-order valence-corrected chi connectivity index (χ4v) is 1.86. The molecule has 16 heavy (non-hydrogen) atoms. The Labute approximate surface area is 96.4 Å². The number of hydrogen-bond acceptors (Lipinski definition) is 4. The molecule has 0 N–H and O–H groups in total. The van der Waals surface area contributed by atoms with E-state index in [1.54, 1.807) is 24.3 Å². The van der Waals surface area contributed by atoms with E-state index in [9.17, 15) is 10.1 Å². The van der Waals surface area contributed by atoms with Gasteiger partial charge in [0.15, 0.2) is 0 Å². The van der Waals surface area contributed by atoms with Crippen LogP contribution < -0.4 is 0 Å². The Hall–Kier alpha value is -1.75. The van der Waals surface area contributed by atoms with E-state index in [2.05, 4.69) is 0 Å². The van der Waals surface area contributed by atoms with Crippen LogP contribution in [0.15, 0.2) is 45.9 Å². The Bertz CT molecular complexity index is 508. The van der Waals surface area contributed by atoms with E-state index in [4.69, 9.17) is 4.42 Å².